The van der Waals surface area contributed by atoms with Crippen molar-refractivity contribution in [1.29, 1.82) is 0 Å². The van der Waals surface area contributed by atoms with Crippen LogP contribution in [0.1, 0.15) is 19.4 Å². The molecular weight excluding hydrogens is 260 g/mol. The molecule has 1 heterocycles. The zero-order valence-corrected chi connectivity index (χ0v) is 11.8. The van der Waals surface area contributed by atoms with E-state index in [1.54, 1.807) is 12.3 Å². The number of nitrogens with zero attached hydrogens (tertiary/aromatic N) is 1. The first-order valence-electron chi connectivity index (χ1n) is 6.26. The van der Waals surface area contributed by atoms with E-state index in [2.05, 4.69) is 24.1 Å². The molecule has 0 radical (unpaired) electrons. The van der Waals surface area contributed by atoms with Crippen LogP contribution in [0.15, 0.2) is 42.6 Å². The summed E-state index contributed by atoms with van der Waals surface area (Å²) in [5.41, 5.74) is 1.01. The molecule has 100 valence electrons. The van der Waals surface area contributed by atoms with E-state index in [0.717, 1.165) is 5.56 Å². The lowest BCUT2D eigenvalue weighted by molar-refractivity contribution is 0.450. The van der Waals surface area contributed by atoms with Gasteiger partial charge in [0.05, 0.1) is 5.02 Å². The van der Waals surface area contributed by atoms with Gasteiger partial charge in [0.1, 0.15) is 5.75 Å². The molecule has 0 aliphatic carbocycles. The van der Waals surface area contributed by atoms with Gasteiger partial charge < -0.3 is 10.1 Å². The summed E-state index contributed by atoms with van der Waals surface area (Å²) in [5, 5.41) is 3.93. The normalized spacial score (nSPS) is 10.7. The quantitative estimate of drug-likeness (QED) is 0.895. The summed E-state index contributed by atoms with van der Waals surface area (Å²) in [4.78, 5) is 4.27. The molecule has 0 saturated carbocycles. The number of benzene rings is 1. The molecule has 0 amide bonds. The lowest BCUT2D eigenvalue weighted by Crippen LogP contribution is -2.22. The van der Waals surface area contributed by atoms with Crippen molar-refractivity contribution in [3.8, 4) is 11.6 Å². The predicted octanol–water partition coefficient (Wildman–Crippen LogP) is 4.03. The molecule has 0 spiro atoms. The Balaban J connectivity index is 2.18. The molecule has 4 heteroatoms. The Morgan fingerprint density at radius 2 is 2.00 bits per heavy atom. The Bertz CT molecular complexity index is 543. The summed E-state index contributed by atoms with van der Waals surface area (Å²) in [6, 6.07) is 11.7. The van der Waals surface area contributed by atoms with Crippen LogP contribution in [0, 0.1) is 0 Å². The van der Waals surface area contributed by atoms with Gasteiger partial charge in [0.2, 0.25) is 5.88 Å². The summed E-state index contributed by atoms with van der Waals surface area (Å²) in [6.07, 6.45) is 1.71. The van der Waals surface area contributed by atoms with Gasteiger partial charge in [-0.05, 0) is 18.2 Å². The Labute approximate surface area is 118 Å². The number of halogens is 1. The van der Waals surface area contributed by atoms with Crippen LogP contribution in [-0.2, 0) is 6.54 Å². The molecule has 0 aliphatic heterocycles. The van der Waals surface area contributed by atoms with Crippen LogP contribution in [-0.4, -0.2) is 11.0 Å². The van der Waals surface area contributed by atoms with Crippen molar-refractivity contribution in [1.82, 2.24) is 10.3 Å². The largest absolute Gasteiger partial charge is 0.437 e. The smallest absolute Gasteiger partial charge is 0.223 e. The predicted molar refractivity (Wildman–Crippen MR) is 77.7 cm³/mol. The molecule has 1 N–H and O–H groups in total. The fourth-order valence-electron chi connectivity index (χ4n) is 1.60. The van der Waals surface area contributed by atoms with E-state index in [-0.39, 0.29) is 0 Å². The van der Waals surface area contributed by atoms with E-state index in [1.807, 2.05) is 30.3 Å². The van der Waals surface area contributed by atoms with Crippen molar-refractivity contribution in [2.45, 2.75) is 26.4 Å². The van der Waals surface area contributed by atoms with Crippen LogP contribution in [0.25, 0.3) is 0 Å². The summed E-state index contributed by atoms with van der Waals surface area (Å²) >= 11 is 6.09. The van der Waals surface area contributed by atoms with Gasteiger partial charge in [0, 0.05) is 24.3 Å². The van der Waals surface area contributed by atoms with Gasteiger partial charge in [-0.25, -0.2) is 4.98 Å². The van der Waals surface area contributed by atoms with Crippen molar-refractivity contribution < 1.29 is 4.74 Å². The molecule has 0 saturated heterocycles. The first kappa shape index (κ1) is 13.8. The number of hydrogen-bond acceptors (Lipinski definition) is 3. The van der Waals surface area contributed by atoms with E-state index in [0.29, 0.717) is 29.2 Å². The second-order valence-corrected chi connectivity index (χ2v) is 4.94. The highest BCUT2D eigenvalue weighted by molar-refractivity contribution is 6.32. The minimum atomic E-state index is 0.411. The maximum absolute atomic E-state index is 6.09. The van der Waals surface area contributed by atoms with Crippen LogP contribution in [0.3, 0.4) is 0 Å². The minimum absolute atomic E-state index is 0.411. The number of hydrogen-bond donors (Lipinski definition) is 1. The molecule has 19 heavy (non-hydrogen) atoms. The molecule has 2 aromatic rings. The number of rotatable bonds is 5. The number of para-hydroxylation sites is 1. The van der Waals surface area contributed by atoms with Crippen LogP contribution in [0.5, 0.6) is 11.6 Å². The average molecular weight is 277 g/mol. The summed E-state index contributed by atoms with van der Waals surface area (Å²) in [5.74, 6) is 1.21. The van der Waals surface area contributed by atoms with Crippen molar-refractivity contribution in [3.05, 3.63) is 53.2 Å². The average Bonchev–Trinajstić information content (AvgIpc) is 2.40. The van der Waals surface area contributed by atoms with Gasteiger partial charge >= 0.3 is 0 Å². The molecule has 1 aromatic heterocycles. The van der Waals surface area contributed by atoms with Gasteiger partial charge in [0.15, 0.2) is 0 Å². The molecule has 1 aromatic carbocycles. The molecule has 0 atom stereocenters. The van der Waals surface area contributed by atoms with Crippen molar-refractivity contribution in [3.63, 3.8) is 0 Å². The highest BCUT2D eigenvalue weighted by Crippen LogP contribution is 2.29. The minimum Gasteiger partial charge on any atom is -0.437 e. The molecular formula is C15H17ClN2O. The highest BCUT2D eigenvalue weighted by atomic mass is 35.5. The molecule has 0 unspecified atom stereocenters. The van der Waals surface area contributed by atoms with Gasteiger partial charge in [-0.3, -0.25) is 0 Å². The summed E-state index contributed by atoms with van der Waals surface area (Å²) < 4.78 is 5.79. The van der Waals surface area contributed by atoms with E-state index in [1.165, 1.54) is 0 Å². The van der Waals surface area contributed by atoms with E-state index < -0.39 is 0 Å². The first-order chi connectivity index (χ1) is 9.16. The molecule has 0 bridgehead atoms. The number of aromatic nitrogens is 1. The van der Waals surface area contributed by atoms with Crippen LogP contribution >= 0.6 is 11.6 Å². The standard InChI is InChI=1S/C15H17ClN2O/c1-11(2)18-10-12-6-5-9-17-15(12)19-14-8-4-3-7-13(14)16/h3-9,11,18H,10H2,1-2H3. The third-order valence-corrected chi connectivity index (χ3v) is 2.91. The number of pyridine rings is 1. The van der Waals surface area contributed by atoms with Crippen LogP contribution < -0.4 is 10.1 Å². The molecule has 0 aliphatic rings. The van der Waals surface area contributed by atoms with Crippen molar-refractivity contribution in [2.75, 3.05) is 0 Å². The molecule has 3 nitrogen and oxygen atoms in total. The van der Waals surface area contributed by atoms with Crippen LogP contribution in [0.2, 0.25) is 5.02 Å². The van der Waals surface area contributed by atoms with E-state index >= 15 is 0 Å². The number of nitrogens with one attached hydrogen (secondary N) is 1. The Morgan fingerprint density at radius 3 is 2.74 bits per heavy atom. The lowest BCUT2D eigenvalue weighted by atomic mass is 10.2. The Morgan fingerprint density at radius 1 is 1.21 bits per heavy atom. The van der Waals surface area contributed by atoms with Gasteiger partial charge in [-0.2, -0.15) is 0 Å². The summed E-state index contributed by atoms with van der Waals surface area (Å²) in [6.45, 7) is 4.92. The second-order valence-electron chi connectivity index (χ2n) is 4.54. The lowest BCUT2D eigenvalue weighted by Gasteiger charge is -2.12. The maximum Gasteiger partial charge on any atom is 0.223 e. The van der Waals surface area contributed by atoms with Crippen LogP contribution in [0.4, 0.5) is 0 Å². The fraction of sp³-hybridized carbons (Fsp3) is 0.267. The Kier molecular flexibility index (Phi) is 4.77. The Hall–Kier alpha value is -1.58. The van der Waals surface area contributed by atoms with Gasteiger partial charge in [-0.15, -0.1) is 0 Å². The summed E-state index contributed by atoms with van der Waals surface area (Å²) in [7, 11) is 0. The zero-order chi connectivity index (χ0) is 13.7. The van der Waals surface area contributed by atoms with Crippen molar-refractivity contribution in [2.24, 2.45) is 0 Å². The number of ether oxygens (including phenoxy) is 1. The van der Waals surface area contributed by atoms with E-state index in [4.69, 9.17) is 16.3 Å². The van der Waals surface area contributed by atoms with Gasteiger partial charge in [-0.1, -0.05) is 43.6 Å². The molecule has 0 fully saturated rings. The van der Waals surface area contributed by atoms with E-state index in [9.17, 15) is 0 Å². The second kappa shape index (κ2) is 6.55. The maximum atomic E-state index is 6.09. The SMILES string of the molecule is CC(C)NCc1cccnc1Oc1ccccc1Cl. The third-order valence-electron chi connectivity index (χ3n) is 2.59. The monoisotopic (exact) mass is 276 g/mol. The fourth-order valence-corrected chi connectivity index (χ4v) is 1.77. The molecule has 2 rings (SSSR count). The highest BCUT2D eigenvalue weighted by Gasteiger charge is 2.08. The first-order valence-corrected chi connectivity index (χ1v) is 6.64. The van der Waals surface area contributed by atoms with Crippen molar-refractivity contribution >= 4 is 11.6 Å². The van der Waals surface area contributed by atoms with Gasteiger partial charge in [0.25, 0.3) is 0 Å². The topological polar surface area (TPSA) is 34.2 Å². The zero-order valence-electron chi connectivity index (χ0n) is 11.1. The third kappa shape index (κ3) is 3.94.